The molecule has 0 unspecified atom stereocenters. The third kappa shape index (κ3) is 2.32. The van der Waals surface area contributed by atoms with E-state index in [-0.39, 0.29) is 0 Å². The van der Waals surface area contributed by atoms with E-state index in [0.29, 0.717) is 0 Å². The zero-order valence-corrected chi connectivity index (χ0v) is 13.2. The Balaban J connectivity index is 1.68. The highest BCUT2D eigenvalue weighted by Crippen LogP contribution is 2.32. The number of para-hydroxylation sites is 1. The molecule has 0 aliphatic carbocycles. The SMILES string of the molecule is CN1CC=C(NN2CC=Cc3c(N)cccc32)c2ccccc21. The minimum absolute atomic E-state index is 0.808. The largest absolute Gasteiger partial charge is 0.398 e. The van der Waals surface area contributed by atoms with Gasteiger partial charge < -0.3 is 10.6 Å². The maximum Gasteiger partial charge on any atom is 0.0668 e. The Bertz CT molecular complexity index is 807. The van der Waals surface area contributed by atoms with E-state index in [1.807, 2.05) is 12.1 Å². The van der Waals surface area contributed by atoms with E-state index >= 15 is 0 Å². The quantitative estimate of drug-likeness (QED) is 0.837. The van der Waals surface area contributed by atoms with Crippen molar-refractivity contribution in [3.8, 4) is 0 Å². The second-order valence-electron chi connectivity index (χ2n) is 5.92. The molecule has 2 aromatic rings. The maximum absolute atomic E-state index is 6.10. The predicted octanol–water partition coefficient (Wildman–Crippen LogP) is 3.10. The lowest BCUT2D eigenvalue weighted by Gasteiger charge is -2.34. The number of hydrogen-bond acceptors (Lipinski definition) is 4. The highest BCUT2D eigenvalue weighted by molar-refractivity contribution is 5.83. The van der Waals surface area contributed by atoms with Gasteiger partial charge in [0.2, 0.25) is 0 Å². The van der Waals surface area contributed by atoms with Crippen LogP contribution in [0.3, 0.4) is 0 Å². The Morgan fingerprint density at radius 1 is 1.00 bits per heavy atom. The first kappa shape index (κ1) is 13.8. The van der Waals surface area contributed by atoms with Gasteiger partial charge in [0.1, 0.15) is 0 Å². The average molecular weight is 304 g/mol. The molecule has 0 aromatic heterocycles. The summed E-state index contributed by atoms with van der Waals surface area (Å²) < 4.78 is 0. The van der Waals surface area contributed by atoms with Gasteiger partial charge in [-0.05, 0) is 24.3 Å². The van der Waals surface area contributed by atoms with Crippen LogP contribution in [0.15, 0.2) is 54.6 Å². The van der Waals surface area contributed by atoms with Crippen LogP contribution < -0.4 is 21.1 Å². The highest BCUT2D eigenvalue weighted by atomic mass is 15.5. The van der Waals surface area contributed by atoms with Crippen molar-refractivity contribution in [2.45, 2.75) is 0 Å². The molecule has 2 aliphatic heterocycles. The number of nitrogens with zero attached hydrogens (tertiary/aromatic N) is 2. The molecule has 0 bridgehead atoms. The smallest absolute Gasteiger partial charge is 0.0668 e. The summed E-state index contributed by atoms with van der Waals surface area (Å²) in [5, 5.41) is 2.15. The minimum Gasteiger partial charge on any atom is -0.398 e. The Morgan fingerprint density at radius 2 is 1.83 bits per heavy atom. The summed E-state index contributed by atoms with van der Waals surface area (Å²) in [6.45, 7) is 1.71. The fourth-order valence-corrected chi connectivity index (χ4v) is 3.19. The van der Waals surface area contributed by atoms with Crippen molar-refractivity contribution >= 4 is 28.8 Å². The molecule has 2 heterocycles. The fraction of sp³-hybridized carbons (Fsp3) is 0.158. The third-order valence-electron chi connectivity index (χ3n) is 4.41. The summed E-state index contributed by atoms with van der Waals surface area (Å²) in [6, 6.07) is 14.5. The number of nitrogens with one attached hydrogen (secondary N) is 1. The molecule has 4 heteroatoms. The molecule has 0 saturated carbocycles. The van der Waals surface area contributed by atoms with Crippen molar-refractivity contribution in [1.82, 2.24) is 5.43 Å². The number of benzene rings is 2. The van der Waals surface area contributed by atoms with Crippen LogP contribution in [-0.4, -0.2) is 20.1 Å². The van der Waals surface area contributed by atoms with Crippen molar-refractivity contribution < 1.29 is 0 Å². The van der Waals surface area contributed by atoms with Crippen LogP contribution in [0.25, 0.3) is 11.8 Å². The summed E-state index contributed by atoms with van der Waals surface area (Å²) in [7, 11) is 2.12. The summed E-state index contributed by atoms with van der Waals surface area (Å²) in [5.41, 5.74) is 16.3. The molecule has 116 valence electrons. The topological polar surface area (TPSA) is 44.5 Å². The third-order valence-corrected chi connectivity index (χ3v) is 4.41. The summed E-state index contributed by atoms with van der Waals surface area (Å²) in [6.07, 6.45) is 6.46. The zero-order chi connectivity index (χ0) is 15.8. The second-order valence-corrected chi connectivity index (χ2v) is 5.92. The first-order valence-corrected chi connectivity index (χ1v) is 7.84. The van der Waals surface area contributed by atoms with Crippen LogP contribution in [0, 0.1) is 0 Å². The Kier molecular flexibility index (Phi) is 3.23. The molecule has 0 amide bonds. The van der Waals surface area contributed by atoms with E-state index in [2.05, 4.69) is 70.9 Å². The molecule has 4 nitrogen and oxygen atoms in total. The number of fused-ring (bicyclic) bond motifs is 2. The Labute approximate surface area is 136 Å². The Morgan fingerprint density at radius 3 is 2.74 bits per heavy atom. The standard InChI is InChI=1S/C19H20N4/c1-22-13-11-17(15-6-2-3-9-18(15)22)21-23-12-5-7-14-16(20)8-4-10-19(14)23/h2-11,21H,12-13,20H2,1H3. The van der Waals surface area contributed by atoms with E-state index in [4.69, 9.17) is 5.73 Å². The van der Waals surface area contributed by atoms with Gasteiger partial charge in [0.05, 0.1) is 17.9 Å². The molecule has 0 atom stereocenters. The lowest BCUT2D eigenvalue weighted by atomic mass is 10.0. The Hall–Kier alpha value is -2.88. The van der Waals surface area contributed by atoms with Crippen LogP contribution in [-0.2, 0) is 0 Å². The van der Waals surface area contributed by atoms with Gasteiger partial charge >= 0.3 is 0 Å². The second kappa shape index (κ2) is 5.39. The number of nitrogens with two attached hydrogens (primary N) is 1. The molecule has 2 aromatic carbocycles. The van der Waals surface area contributed by atoms with Crippen molar-refractivity contribution in [3.63, 3.8) is 0 Å². The monoisotopic (exact) mass is 304 g/mol. The van der Waals surface area contributed by atoms with Gasteiger partial charge in [0, 0.05) is 36.1 Å². The molecule has 3 N–H and O–H groups in total. The van der Waals surface area contributed by atoms with Gasteiger partial charge in [-0.1, -0.05) is 36.4 Å². The summed E-state index contributed by atoms with van der Waals surface area (Å²) >= 11 is 0. The van der Waals surface area contributed by atoms with Gasteiger partial charge in [-0.2, -0.15) is 0 Å². The van der Waals surface area contributed by atoms with Gasteiger partial charge in [-0.15, -0.1) is 0 Å². The number of nitrogen functional groups attached to an aromatic ring is 1. The van der Waals surface area contributed by atoms with Crippen LogP contribution in [0.5, 0.6) is 0 Å². The molecule has 2 aliphatic rings. The number of anilines is 3. The molecule has 4 rings (SSSR count). The van der Waals surface area contributed by atoms with Crippen LogP contribution in [0.2, 0.25) is 0 Å². The lowest BCUT2D eigenvalue weighted by molar-refractivity contribution is 0.795. The number of rotatable bonds is 2. The van der Waals surface area contributed by atoms with Gasteiger partial charge in [0.15, 0.2) is 0 Å². The van der Waals surface area contributed by atoms with E-state index in [1.165, 1.54) is 11.3 Å². The maximum atomic E-state index is 6.10. The molecule has 0 spiro atoms. The molecule has 23 heavy (non-hydrogen) atoms. The summed E-state index contributed by atoms with van der Waals surface area (Å²) in [5.74, 6) is 0. The van der Waals surface area contributed by atoms with Crippen LogP contribution in [0.1, 0.15) is 11.1 Å². The highest BCUT2D eigenvalue weighted by Gasteiger charge is 2.20. The predicted molar refractivity (Wildman–Crippen MR) is 98.1 cm³/mol. The fourth-order valence-electron chi connectivity index (χ4n) is 3.19. The summed E-state index contributed by atoms with van der Waals surface area (Å²) in [4.78, 5) is 2.25. The van der Waals surface area contributed by atoms with Crippen molar-refractivity contribution in [3.05, 3.63) is 65.7 Å². The number of hydrazine groups is 1. The number of hydrogen-bond donors (Lipinski definition) is 2. The average Bonchev–Trinajstić information content (AvgIpc) is 2.58. The molecule has 0 saturated heterocycles. The van der Waals surface area contributed by atoms with Gasteiger partial charge in [-0.3, -0.25) is 10.4 Å². The minimum atomic E-state index is 0.808. The van der Waals surface area contributed by atoms with Crippen molar-refractivity contribution in [1.29, 1.82) is 0 Å². The van der Waals surface area contributed by atoms with Gasteiger partial charge in [-0.25, -0.2) is 0 Å². The van der Waals surface area contributed by atoms with Crippen molar-refractivity contribution in [2.75, 3.05) is 35.8 Å². The van der Waals surface area contributed by atoms with E-state index < -0.39 is 0 Å². The normalized spacial score (nSPS) is 15.8. The first-order valence-electron chi connectivity index (χ1n) is 7.84. The first-order chi connectivity index (χ1) is 11.2. The van der Waals surface area contributed by atoms with Gasteiger partial charge in [0.25, 0.3) is 0 Å². The van der Waals surface area contributed by atoms with E-state index in [1.54, 1.807) is 0 Å². The molecular weight excluding hydrogens is 284 g/mol. The molecule has 0 fully saturated rings. The zero-order valence-electron chi connectivity index (χ0n) is 13.2. The van der Waals surface area contributed by atoms with E-state index in [0.717, 1.165) is 35.7 Å². The van der Waals surface area contributed by atoms with Crippen LogP contribution >= 0.6 is 0 Å². The van der Waals surface area contributed by atoms with Crippen LogP contribution in [0.4, 0.5) is 17.1 Å². The van der Waals surface area contributed by atoms with E-state index in [9.17, 15) is 0 Å². The molecule has 0 radical (unpaired) electrons. The molecular formula is C19H20N4. The number of likely N-dealkylation sites (N-methyl/N-ethyl adjacent to an activating group) is 1. The van der Waals surface area contributed by atoms with Crippen molar-refractivity contribution in [2.24, 2.45) is 0 Å². The lowest BCUT2D eigenvalue weighted by Crippen LogP contribution is -2.40.